The number of hydrogen-bond donors (Lipinski definition) is 3. The van der Waals surface area contributed by atoms with E-state index in [2.05, 4.69) is 32.0 Å². The summed E-state index contributed by atoms with van der Waals surface area (Å²) in [5.74, 6) is 2.01. The molecule has 1 aromatic carbocycles. The fourth-order valence-electron chi connectivity index (χ4n) is 2.84. The van der Waals surface area contributed by atoms with Crippen molar-refractivity contribution >= 4 is 40.7 Å². The number of carbonyl (C=O) groups is 1. The third-order valence-electron chi connectivity index (χ3n) is 4.09. The van der Waals surface area contributed by atoms with Crippen LogP contribution in [0.2, 0.25) is 0 Å². The van der Waals surface area contributed by atoms with Crippen molar-refractivity contribution in [2.75, 3.05) is 31.2 Å². The molecule has 2 aromatic rings. The van der Waals surface area contributed by atoms with Gasteiger partial charge in [-0.25, -0.2) is 4.98 Å². The molecule has 0 saturated heterocycles. The summed E-state index contributed by atoms with van der Waals surface area (Å²) in [6.45, 7) is 1.53. The van der Waals surface area contributed by atoms with Crippen molar-refractivity contribution in [3.05, 3.63) is 41.4 Å². The number of rotatable bonds is 7. The first-order chi connectivity index (χ1) is 12.8. The molecule has 8 heteroatoms. The molecule has 26 heavy (non-hydrogen) atoms. The Kier molecular flexibility index (Phi) is 6.90. The predicted molar refractivity (Wildman–Crippen MR) is 109 cm³/mol. The third kappa shape index (κ3) is 5.22. The Hall–Kier alpha value is -2.06. The molecular formula is C18H23N5OS2. The summed E-state index contributed by atoms with van der Waals surface area (Å²) >= 11 is 3.45. The van der Waals surface area contributed by atoms with Crippen LogP contribution in [0.1, 0.15) is 24.3 Å². The SMILES string of the molecule is CN=C(NCCCSc1nccs1)NCC1CC(=O)Nc2ccccc21. The Morgan fingerprint density at radius 1 is 1.42 bits per heavy atom. The molecule has 0 saturated carbocycles. The predicted octanol–water partition coefficient (Wildman–Crippen LogP) is 2.92. The number of benzene rings is 1. The lowest BCUT2D eigenvalue weighted by Gasteiger charge is -2.26. The Morgan fingerprint density at radius 2 is 2.31 bits per heavy atom. The summed E-state index contributed by atoms with van der Waals surface area (Å²) in [6, 6.07) is 7.98. The van der Waals surface area contributed by atoms with Gasteiger partial charge >= 0.3 is 0 Å². The van der Waals surface area contributed by atoms with Crippen molar-refractivity contribution in [3.8, 4) is 0 Å². The first kappa shape index (κ1) is 18.7. The van der Waals surface area contributed by atoms with E-state index >= 15 is 0 Å². The highest BCUT2D eigenvalue weighted by Crippen LogP contribution is 2.31. The van der Waals surface area contributed by atoms with Crippen molar-refractivity contribution in [2.24, 2.45) is 4.99 Å². The van der Waals surface area contributed by atoms with E-state index in [4.69, 9.17) is 0 Å². The minimum Gasteiger partial charge on any atom is -0.356 e. The molecular weight excluding hydrogens is 366 g/mol. The maximum atomic E-state index is 11.9. The quantitative estimate of drug-likeness (QED) is 0.294. The van der Waals surface area contributed by atoms with Crippen molar-refractivity contribution < 1.29 is 4.79 Å². The average molecular weight is 390 g/mol. The fraction of sp³-hybridized carbons (Fsp3) is 0.389. The van der Waals surface area contributed by atoms with Crippen LogP contribution in [0.4, 0.5) is 5.69 Å². The number of amides is 1. The third-order valence-corrected chi connectivity index (χ3v) is 6.15. The van der Waals surface area contributed by atoms with E-state index < -0.39 is 0 Å². The molecule has 0 aliphatic carbocycles. The van der Waals surface area contributed by atoms with Gasteiger partial charge in [-0.05, 0) is 18.1 Å². The molecule has 3 N–H and O–H groups in total. The Bertz CT molecular complexity index is 748. The number of aliphatic imine (C=N–C) groups is 1. The number of hydrogen-bond acceptors (Lipinski definition) is 5. The standard InChI is InChI=1S/C18H23N5OS2/c1-19-17(20-7-4-9-25-18-21-8-10-26-18)22-12-13-11-16(24)23-15-6-3-2-5-14(13)15/h2-3,5-6,8,10,13H,4,7,9,11-12H2,1H3,(H,23,24)(H2,19,20,22). The van der Waals surface area contributed by atoms with Gasteiger partial charge in [0.15, 0.2) is 5.96 Å². The summed E-state index contributed by atoms with van der Waals surface area (Å²) in [6.07, 6.45) is 3.35. The molecule has 1 aliphatic rings. The van der Waals surface area contributed by atoms with Crippen LogP contribution >= 0.6 is 23.1 Å². The number of guanidine groups is 1. The van der Waals surface area contributed by atoms with Gasteiger partial charge in [-0.2, -0.15) is 0 Å². The summed E-state index contributed by atoms with van der Waals surface area (Å²) in [4.78, 5) is 20.4. The van der Waals surface area contributed by atoms with Gasteiger partial charge in [0.2, 0.25) is 5.91 Å². The molecule has 1 amide bonds. The van der Waals surface area contributed by atoms with Gasteiger partial charge < -0.3 is 16.0 Å². The highest BCUT2D eigenvalue weighted by molar-refractivity contribution is 8.00. The lowest BCUT2D eigenvalue weighted by atomic mass is 9.90. The second kappa shape index (κ2) is 9.59. The smallest absolute Gasteiger partial charge is 0.225 e. The van der Waals surface area contributed by atoms with Crippen LogP contribution in [0.5, 0.6) is 0 Å². The highest BCUT2D eigenvalue weighted by Gasteiger charge is 2.24. The van der Waals surface area contributed by atoms with Crippen LogP contribution in [0.25, 0.3) is 0 Å². The van der Waals surface area contributed by atoms with Crippen LogP contribution in [0, 0.1) is 0 Å². The number of fused-ring (bicyclic) bond motifs is 1. The van der Waals surface area contributed by atoms with Crippen molar-refractivity contribution in [3.63, 3.8) is 0 Å². The number of anilines is 1. The highest BCUT2D eigenvalue weighted by atomic mass is 32.2. The number of thiazole rings is 1. The number of para-hydroxylation sites is 1. The largest absolute Gasteiger partial charge is 0.356 e. The summed E-state index contributed by atoms with van der Waals surface area (Å²) in [5, 5.41) is 11.6. The molecule has 0 spiro atoms. The van der Waals surface area contributed by atoms with E-state index in [1.807, 2.05) is 29.8 Å². The van der Waals surface area contributed by atoms with E-state index in [0.29, 0.717) is 13.0 Å². The monoisotopic (exact) mass is 389 g/mol. The van der Waals surface area contributed by atoms with Crippen LogP contribution in [-0.4, -0.2) is 42.7 Å². The van der Waals surface area contributed by atoms with E-state index in [-0.39, 0.29) is 11.8 Å². The van der Waals surface area contributed by atoms with Gasteiger partial charge in [0, 0.05) is 55.5 Å². The van der Waals surface area contributed by atoms with Gasteiger partial charge in [-0.1, -0.05) is 30.0 Å². The zero-order valence-electron chi connectivity index (χ0n) is 14.7. The first-order valence-corrected chi connectivity index (χ1v) is 10.5. The molecule has 6 nitrogen and oxygen atoms in total. The topological polar surface area (TPSA) is 78.4 Å². The summed E-state index contributed by atoms with van der Waals surface area (Å²) in [7, 11) is 1.77. The Balaban J connectivity index is 1.42. The molecule has 138 valence electrons. The number of aromatic nitrogens is 1. The lowest BCUT2D eigenvalue weighted by molar-refractivity contribution is -0.116. The first-order valence-electron chi connectivity index (χ1n) is 8.62. The number of nitrogens with one attached hydrogen (secondary N) is 3. The average Bonchev–Trinajstić information content (AvgIpc) is 3.17. The van der Waals surface area contributed by atoms with Gasteiger partial charge in [-0.3, -0.25) is 9.79 Å². The maximum absolute atomic E-state index is 11.9. The second-order valence-corrected chi connectivity index (χ2v) is 8.15. The van der Waals surface area contributed by atoms with Crippen molar-refractivity contribution in [1.82, 2.24) is 15.6 Å². The fourth-order valence-corrected chi connectivity index (χ4v) is 4.49. The van der Waals surface area contributed by atoms with Crippen LogP contribution < -0.4 is 16.0 Å². The minimum atomic E-state index is 0.0673. The molecule has 1 unspecified atom stereocenters. The Labute approximate surface area is 161 Å². The normalized spacial score (nSPS) is 16.7. The summed E-state index contributed by atoms with van der Waals surface area (Å²) in [5.41, 5.74) is 2.09. The molecule has 0 fully saturated rings. The van der Waals surface area contributed by atoms with Crippen molar-refractivity contribution in [1.29, 1.82) is 0 Å². The maximum Gasteiger partial charge on any atom is 0.225 e. The molecule has 0 radical (unpaired) electrons. The van der Waals surface area contributed by atoms with E-state index in [1.165, 1.54) is 5.56 Å². The van der Waals surface area contributed by atoms with E-state index in [0.717, 1.165) is 34.7 Å². The van der Waals surface area contributed by atoms with Crippen LogP contribution in [-0.2, 0) is 4.79 Å². The number of nitrogens with zero attached hydrogens (tertiary/aromatic N) is 2. The van der Waals surface area contributed by atoms with E-state index in [1.54, 1.807) is 30.1 Å². The van der Waals surface area contributed by atoms with Gasteiger partial charge in [-0.15, -0.1) is 11.3 Å². The molecule has 1 aliphatic heterocycles. The molecule has 2 heterocycles. The summed E-state index contributed by atoms with van der Waals surface area (Å²) < 4.78 is 1.11. The van der Waals surface area contributed by atoms with Gasteiger partial charge in [0.1, 0.15) is 4.34 Å². The number of carbonyl (C=O) groups excluding carboxylic acids is 1. The lowest BCUT2D eigenvalue weighted by Crippen LogP contribution is -2.41. The van der Waals surface area contributed by atoms with Crippen LogP contribution in [0.3, 0.4) is 0 Å². The number of thioether (sulfide) groups is 1. The molecule has 3 rings (SSSR count). The zero-order chi connectivity index (χ0) is 18.2. The second-order valence-electron chi connectivity index (χ2n) is 5.92. The minimum absolute atomic E-state index is 0.0673. The molecule has 1 atom stereocenters. The van der Waals surface area contributed by atoms with Crippen LogP contribution in [0.15, 0.2) is 45.2 Å². The van der Waals surface area contributed by atoms with Gasteiger partial charge in [0.05, 0.1) is 0 Å². The van der Waals surface area contributed by atoms with Crippen molar-refractivity contribution in [2.45, 2.75) is 23.1 Å². The zero-order valence-corrected chi connectivity index (χ0v) is 16.3. The molecule has 1 aromatic heterocycles. The molecule has 0 bridgehead atoms. The Morgan fingerprint density at radius 3 is 3.12 bits per heavy atom. The van der Waals surface area contributed by atoms with E-state index in [9.17, 15) is 4.79 Å². The van der Waals surface area contributed by atoms with Gasteiger partial charge in [0.25, 0.3) is 0 Å².